The van der Waals surface area contributed by atoms with Gasteiger partial charge in [0.05, 0.1) is 16.9 Å². The molecule has 1 fully saturated rings. The fourth-order valence-corrected chi connectivity index (χ4v) is 4.91. The van der Waals surface area contributed by atoms with Crippen LogP contribution in [0.5, 0.6) is 0 Å². The van der Waals surface area contributed by atoms with Gasteiger partial charge in [-0.1, -0.05) is 26.0 Å². The lowest BCUT2D eigenvalue weighted by Gasteiger charge is -2.41. The molecule has 0 aliphatic carbocycles. The molecular weight excluding hydrogens is 481 g/mol. The van der Waals surface area contributed by atoms with Gasteiger partial charge in [-0.3, -0.25) is 4.98 Å². The average molecular weight is 521 g/mol. The van der Waals surface area contributed by atoms with Gasteiger partial charge in [0.2, 0.25) is 0 Å². The van der Waals surface area contributed by atoms with Gasteiger partial charge in [-0.2, -0.15) is 13.2 Å². The van der Waals surface area contributed by atoms with Crippen LogP contribution in [0.15, 0.2) is 24.3 Å². The van der Waals surface area contributed by atoms with Crippen molar-refractivity contribution in [2.24, 2.45) is 5.41 Å². The second-order valence-electron chi connectivity index (χ2n) is 11.8. The molecule has 5 nitrogen and oxygen atoms in total. The molecule has 3 rings (SSSR count). The fourth-order valence-electron chi connectivity index (χ4n) is 4.91. The van der Waals surface area contributed by atoms with Crippen molar-refractivity contribution in [1.82, 2.24) is 4.98 Å². The number of benzene rings is 1. The zero-order valence-corrected chi connectivity index (χ0v) is 22.9. The molecule has 1 aromatic carbocycles. The Morgan fingerprint density at radius 2 is 1.62 bits per heavy atom. The van der Waals surface area contributed by atoms with Gasteiger partial charge in [0.25, 0.3) is 0 Å². The van der Waals surface area contributed by atoms with Crippen molar-refractivity contribution in [3.63, 3.8) is 0 Å². The van der Waals surface area contributed by atoms with Gasteiger partial charge in [0, 0.05) is 30.0 Å². The summed E-state index contributed by atoms with van der Waals surface area (Å²) in [5, 5.41) is 10.2. The molecule has 2 aromatic rings. The molecule has 1 saturated heterocycles. The topological polar surface area (TPSA) is 62.7 Å². The van der Waals surface area contributed by atoms with Crippen LogP contribution in [0.3, 0.4) is 0 Å². The van der Waals surface area contributed by atoms with E-state index in [9.17, 15) is 23.1 Å². The standard InChI is InChI=1S/C29H39F3N2O3/c1-18-22(13-10-20-8-11-21(12-9-20)29(30,31)32)24(34-16-14-28(6,7)15-17-34)23(19(2)33-18)25(26(35)36)37-27(3,4)5/h8-9,11-12,25H,10,13-17H2,1-7H3,(H,35,36). The lowest BCUT2D eigenvalue weighted by Crippen LogP contribution is -2.39. The predicted octanol–water partition coefficient (Wildman–Crippen LogP) is 7.07. The Morgan fingerprint density at radius 1 is 1.05 bits per heavy atom. The Labute approximate surface area is 218 Å². The quantitative estimate of drug-likeness (QED) is 0.423. The van der Waals surface area contributed by atoms with Crippen LogP contribution in [-0.2, 0) is 28.5 Å². The highest BCUT2D eigenvalue weighted by atomic mass is 19.4. The van der Waals surface area contributed by atoms with E-state index in [4.69, 9.17) is 9.72 Å². The maximum atomic E-state index is 13.0. The first kappa shape index (κ1) is 29.0. The van der Waals surface area contributed by atoms with E-state index in [0.717, 1.165) is 60.6 Å². The summed E-state index contributed by atoms with van der Waals surface area (Å²) in [4.78, 5) is 19.5. The number of piperidine rings is 1. The minimum atomic E-state index is -4.38. The summed E-state index contributed by atoms with van der Waals surface area (Å²) in [6, 6.07) is 5.22. The Hall–Kier alpha value is -2.61. The SMILES string of the molecule is Cc1nc(C)c(C(OC(C)(C)C)C(=O)O)c(N2CCC(C)(C)CC2)c1CCc1ccc(C(F)(F)F)cc1. The van der Waals surface area contributed by atoms with Crippen LogP contribution < -0.4 is 4.90 Å². The molecular formula is C29H39F3N2O3. The number of carbonyl (C=O) groups is 1. The molecule has 0 saturated carbocycles. The first-order chi connectivity index (χ1) is 17.0. The monoisotopic (exact) mass is 520 g/mol. The number of ether oxygens (including phenoxy) is 1. The van der Waals surface area contributed by atoms with Crippen LogP contribution in [0.1, 0.15) is 87.2 Å². The maximum Gasteiger partial charge on any atom is 0.416 e. The van der Waals surface area contributed by atoms with E-state index in [2.05, 4.69) is 18.7 Å². The molecule has 2 heterocycles. The van der Waals surface area contributed by atoms with Crippen molar-refractivity contribution in [3.8, 4) is 0 Å². The van der Waals surface area contributed by atoms with Crippen LogP contribution in [0.2, 0.25) is 0 Å². The molecule has 1 aliphatic rings. The number of rotatable bonds is 7. The van der Waals surface area contributed by atoms with Gasteiger partial charge in [0.1, 0.15) is 0 Å². The Kier molecular flexibility index (Phi) is 8.32. The second-order valence-corrected chi connectivity index (χ2v) is 11.8. The van der Waals surface area contributed by atoms with Crippen LogP contribution in [-0.4, -0.2) is 34.8 Å². The van der Waals surface area contributed by atoms with Crippen molar-refractivity contribution >= 4 is 11.7 Å². The summed E-state index contributed by atoms with van der Waals surface area (Å²) in [6.07, 6.45) is -2.62. The summed E-state index contributed by atoms with van der Waals surface area (Å²) >= 11 is 0. The number of carboxylic acid groups (broad SMARTS) is 1. The Bertz CT molecular complexity index is 1110. The summed E-state index contributed by atoms with van der Waals surface area (Å²) in [6.45, 7) is 15.2. The third-order valence-electron chi connectivity index (χ3n) is 7.04. The number of aryl methyl sites for hydroxylation is 3. The molecule has 37 heavy (non-hydrogen) atoms. The van der Waals surface area contributed by atoms with Crippen molar-refractivity contribution in [1.29, 1.82) is 0 Å². The van der Waals surface area contributed by atoms with Gasteiger partial charge < -0.3 is 14.7 Å². The Morgan fingerprint density at radius 3 is 2.11 bits per heavy atom. The number of anilines is 1. The first-order valence-electron chi connectivity index (χ1n) is 12.8. The number of aromatic nitrogens is 1. The largest absolute Gasteiger partial charge is 0.479 e. The number of alkyl halides is 3. The summed E-state index contributed by atoms with van der Waals surface area (Å²) < 4.78 is 45.1. The molecule has 1 N–H and O–H groups in total. The zero-order valence-electron chi connectivity index (χ0n) is 22.9. The molecule has 0 bridgehead atoms. The molecule has 1 aromatic heterocycles. The highest BCUT2D eigenvalue weighted by molar-refractivity contribution is 5.79. The van der Waals surface area contributed by atoms with E-state index in [1.807, 2.05) is 34.6 Å². The summed E-state index contributed by atoms with van der Waals surface area (Å²) in [5.74, 6) is -1.07. The highest BCUT2D eigenvalue weighted by Gasteiger charge is 2.36. The van der Waals surface area contributed by atoms with Crippen LogP contribution in [0.4, 0.5) is 18.9 Å². The summed E-state index contributed by atoms with van der Waals surface area (Å²) in [7, 11) is 0. The average Bonchev–Trinajstić information content (AvgIpc) is 2.76. The van der Waals surface area contributed by atoms with Crippen molar-refractivity contribution < 1.29 is 27.8 Å². The number of hydrogen-bond donors (Lipinski definition) is 1. The molecule has 0 spiro atoms. The smallest absolute Gasteiger partial charge is 0.416 e. The van der Waals surface area contributed by atoms with Gasteiger partial charge in [-0.25, -0.2) is 4.79 Å². The van der Waals surface area contributed by atoms with E-state index >= 15 is 0 Å². The van der Waals surface area contributed by atoms with Crippen LogP contribution in [0, 0.1) is 19.3 Å². The first-order valence-corrected chi connectivity index (χ1v) is 12.8. The van der Waals surface area contributed by atoms with Gasteiger partial charge in [-0.05, 0) is 89.0 Å². The van der Waals surface area contributed by atoms with E-state index in [1.165, 1.54) is 12.1 Å². The lowest BCUT2D eigenvalue weighted by molar-refractivity contribution is -0.160. The van der Waals surface area contributed by atoms with Crippen molar-refractivity contribution in [3.05, 3.63) is 57.9 Å². The number of aliphatic carboxylic acids is 1. The van der Waals surface area contributed by atoms with Crippen LogP contribution in [0.25, 0.3) is 0 Å². The minimum Gasteiger partial charge on any atom is -0.479 e. The predicted molar refractivity (Wildman–Crippen MR) is 139 cm³/mol. The van der Waals surface area contributed by atoms with E-state index in [-0.39, 0.29) is 5.41 Å². The lowest BCUT2D eigenvalue weighted by atomic mass is 9.82. The van der Waals surface area contributed by atoms with E-state index < -0.39 is 29.4 Å². The summed E-state index contributed by atoms with van der Waals surface area (Å²) in [5.41, 5.74) is 3.36. The number of halogens is 3. The molecule has 204 valence electrons. The molecule has 0 radical (unpaired) electrons. The third-order valence-corrected chi connectivity index (χ3v) is 7.04. The minimum absolute atomic E-state index is 0.197. The third kappa shape index (κ3) is 7.24. The fraction of sp³-hybridized carbons (Fsp3) is 0.586. The number of hydrogen-bond acceptors (Lipinski definition) is 4. The zero-order chi connectivity index (χ0) is 27.8. The Balaban J connectivity index is 2.08. The van der Waals surface area contributed by atoms with E-state index in [1.54, 1.807) is 0 Å². The number of pyridine rings is 1. The number of nitrogens with zero attached hydrogens (tertiary/aromatic N) is 2. The van der Waals surface area contributed by atoms with E-state index in [0.29, 0.717) is 24.1 Å². The highest BCUT2D eigenvalue weighted by Crippen LogP contribution is 2.41. The van der Waals surface area contributed by atoms with Gasteiger partial charge in [-0.15, -0.1) is 0 Å². The molecule has 0 amide bonds. The molecule has 1 atom stereocenters. The second kappa shape index (κ2) is 10.6. The molecule has 1 aliphatic heterocycles. The molecule has 8 heteroatoms. The van der Waals surface area contributed by atoms with Crippen molar-refractivity contribution in [2.75, 3.05) is 18.0 Å². The normalized spacial score (nSPS) is 17.1. The van der Waals surface area contributed by atoms with Crippen molar-refractivity contribution in [2.45, 2.75) is 92.0 Å². The van der Waals surface area contributed by atoms with Gasteiger partial charge in [0.15, 0.2) is 6.10 Å². The van der Waals surface area contributed by atoms with Crippen LogP contribution >= 0.6 is 0 Å². The van der Waals surface area contributed by atoms with Gasteiger partial charge >= 0.3 is 12.1 Å². The maximum absolute atomic E-state index is 13.0. The molecule has 1 unspecified atom stereocenters. The number of carboxylic acids is 1.